The van der Waals surface area contributed by atoms with Crippen molar-refractivity contribution in [1.82, 2.24) is 9.97 Å². The van der Waals surface area contributed by atoms with Gasteiger partial charge >= 0.3 is 5.97 Å². The van der Waals surface area contributed by atoms with Gasteiger partial charge in [-0.1, -0.05) is 0 Å². The van der Waals surface area contributed by atoms with Gasteiger partial charge in [-0.05, 0) is 44.6 Å². The van der Waals surface area contributed by atoms with Crippen LogP contribution in [-0.2, 0) is 9.47 Å². The Morgan fingerprint density at radius 3 is 3.00 bits per heavy atom. The Bertz CT molecular complexity index is 712. The van der Waals surface area contributed by atoms with Gasteiger partial charge in [0.25, 0.3) is 0 Å². The number of aryl methyl sites for hydroxylation is 1. The molecule has 1 aliphatic rings. The highest BCUT2D eigenvalue weighted by atomic mass is 32.1. The maximum atomic E-state index is 12.0. The van der Waals surface area contributed by atoms with Gasteiger partial charge in [0.05, 0.1) is 12.0 Å². The minimum absolute atomic E-state index is 0.294. The van der Waals surface area contributed by atoms with Gasteiger partial charge < -0.3 is 14.8 Å². The highest BCUT2D eigenvalue weighted by Crippen LogP contribution is 2.33. The number of hydrogen-bond acceptors (Lipinski definition) is 7. The van der Waals surface area contributed by atoms with Gasteiger partial charge in [0, 0.05) is 19.8 Å². The maximum absolute atomic E-state index is 12.0. The second kappa shape index (κ2) is 7.90. The predicted molar refractivity (Wildman–Crippen MR) is 94.8 cm³/mol. The standard InChI is InChI=1S/C17H23N3O3S/c1-3-23-17(21)14-11(2)13-15(19-10-20-16(13)24-14)18-7-4-8-22-9-12-5-6-12/h10,12H,3-9H2,1-2H3,(H,18,19,20). The quantitative estimate of drug-likeness (QED) is 0.552. The fourth-order valence-corrected chi connectivity index (χ4v) is 3.55. The van der Waals surface area contributed by atoms with E-state index < -0.39 is 0 Å². The van der Waals surface area contributed by atoms with Gasteiger partial charge in [0.1, 0.15) is 21.9 Å². The van der Waals surface area contributed by atoms with Crippen LogP contribution in [0.5, 0.6) is 0 Å². The summed E-state index contributed by atoms with van der Waals surface area (Å²) in [5.74, 6) is 1.28. The largest absolute Gasteiger partial charge is 0.462 e. The third-order valence-electron chi connectivity index (χ3n) is 4.00. The Balaban J connectivity index is 1.63. The lowest BCUT2D eigenvalue weighted by atomic mass is 10.2. The first-order valence-electron chi connectivity index (χ1n) is 8.43. The molecule has 130 valence electrons. The van der Waals surface area contributed by atoms with Crippen molar-refractivity contribution >= 4 is 33.3 Å². The summed E-state index contributed by atoms with van der Waals surface area (Å²) in [7, 11) is 0. The van der Waals surface area contributed by atoms with E-state index >= 15 is 0 Å². The number of hydrogen-bond donors (Lipinski definition) is 1. The molecule has 0 bridgehead atoms. The first-order valence-corrected chi connectivity index (χ1v) is 9.25. The number of aromatic nitrogens is 2. The number of carbonyl (C=O) groups is 1. The Morgan fingerprint density at radius 2 is 2.25 bits per heavy atom. The highest BCUT2D eigenvalue weighted by Gasteiger charge is 2.21. The Kier molecular flexibility index (Phi) is 5.63. The lowest BCUT2D eigenvalue weighted by Gasteiger charge is -2.08. The highest BCUT2D eigenvalue weighted by molar-refractivity contribution is 7.20. The molecule has 0 amide bonds. The molecule has 0 radical (unpaired) electrons. The van der Waals surface area contributed by atoms with Crippen LogP contribution in [0.3, 0.4) is 0 Å². The first kappa shape index (κ1) is 17.1. The van der Waals surface area contributed by atoms with Crippen molar-refractivity contribution in [3.63, 3.8) is 0 Å². The zero-order chi connectivity index (χ0) is 16.9. The zero-order valence-corrected chi connectivity index (χ0v) is 14.9. The number of rotatable bonds is 9. The summed E-state index contributed by atoms with van der Waals surface area (Å²) < 4.78 is 10.8. The van der Waals surface area contributed by atoms with Crippen molar-refractivity contribution < 1.29 is 14.3 Å². The molecule has 0 unspecified atom stereocenters. The third-order valence-corrected chi connectivity index (χ3v) is 5.18. The minimum Gasteiger partial charge on any atom is -0.462 e. The predicted octanol–water partition coefficient (Wildman–Crippen LogP) is 3.41. The summed E-state index contributed by atoms with van der Waals surface area (Å²) in [6.45, 7) is 6.51. The molecular weight excluding hydrogens is 326 g/mol. The fourth-order valence-electron chi connectivity index (χ4n) is 2.51. The molecule has 2 aromatic rings. The smallest absolute Gasteiger partial charge is 0.348 e. The molecule has 7 heteroatoms. The summed E-state index contributed by atoms with van der Waals surface area (Å²) in [4.78, 5) is 22.1. The van der Waals surface area contributed by atoms with Gasteiger partial charge in [-0.2, -0.15) is 0 Å². The Hall–Kier alpha value is -1.73. The third kappa shape index (κ3) is 4.02. The van der Waals surface area contributed by atoms with Gasteiger partial charge in [0.2, 0.25) is 0 Å². The van der Waals surface area contributed by atoms with E-state index in [1.54, 1.807) is 6.92 Å². The average molecular weight is 349 g/mol. The van der Waals surface area contributed by atoms with Crippen molar-refractivity contribution in [2.45, 2.75) is 33.1 Å². The van der Waals surface area contributed by atoms with Crippen molar-refractivity contribution in [3.05, 3.63) is 16.8 Å². The van der Waals surface area contributed by atoms with Crippen LogP contribution in [0.25, 0.3) is 10.2 Å². The molecule has 1 fully saturated rings. The molecule has 3 rings (SSSR count). The lowest BCUT2D eigenvalue weighted by Crippen LogP contribution is -2.08. The van der Waals surface area contributed by atoms with Gasteiger partial charge in [-0.3, -0.25) is 0 Å². The van der Waals surface area contributed by atoms with Crippen LogP contribution < -0.4 is 5.32 Å². The molecule has 1 saturated carbocycles. The molecule has 0 aromatic carbocycles. The molecular formula is C17H23N3O3S. The summed E-state index contributed by atoms with van der Waals surface area (Å²) in [5.41, 5.74) is 0.876. The monoisotopic (exact) mass is 349 g/mol. The number of thiophene rings is 1. The number of nitrogens with one attached hydrogen (secondary N) is 1. The summed E-state index contributed by atoms with van der Waals surface area (Å²) in [5, 5.41) is 4.25. The molecule has 2 aromatic heterocycles. The van der Waals surface area contributed by atoms with Crippen LogP contribution >= 0.6 is 11.3 Å². The minimum atomic E-state index is -0.294. The lowest BCUT2D eigenvalue weighted by molar-refractivity contribution is 0.0531. The summed E-state index contributed by atoms with van der Waals surface area (Å²) >= 11 is 1.35. The average Bonchev–Trinajstić information content (AvgIpc) is 3.33. The topological polar surface area (TPSA) is 73.3 Å². The Labute approximate surface area is 145 Å². The van der Waals surface area contributed by atoms with Crippen LogP contribution in [0.4, 0.5) is 5.82 Å². The van der Waals surface area contributed by atoms with Crippen LogP contribution in [-0.4, -0.2) is 42.3 Å². The number of carbonyl (C=O) groups excluding carboxylic acids is 1. The van der Waals surface area contributed by atoms with Crippen LogP contribution in [0.15, 0.2) is 6.33 Å². The van der Waals surface area contributed by atoms with E-state index in [-0.39, 0.29) is 5.97 Å². The SMILES string of the molecule is CCOC(=O)c1sc2ncnc(NCCCOCC3CC3)c2c1C. The van der Waals surface area contributed by atoms with Crippen molar-refractivity contribution in [2.24, 2.45) is 5.92 Å². The summed E-state index contributed by atoms with van der Waals surface area (Å²) in [6, 6.07) is 0. The van der Waals surface area contributed by atoms with E-state index in [1.165, 1.54) is 30.5 Å². The van der Waals surface area contributed by atoms with Crippen LogP contribution in [0.2, 0.25) is 0 Å². The van der Waals surface area contributed by atoms with Gasteiger partial charge in [0.15, 0.2) is 0 Å². The molecule has 0 saturated heterocycles. The number of nitrogens with zero attached hydrogens (tertiary/aromatic N) is 2. The van der Waals surface area contributed by atoms with E-state index in [4.69, 9.17) is 9.47 Å². The van der Waals surface area contributed by atoms with E-state index in [0.717, 1.165) is 53.7 Å². The molecule has 24 heavy (non-hydrogen) atoms. The molecule has 0 spiro atoms. The van der Waals surface area contributed by atoms with Crippen LogP contribution in [0, 0.1) is 12.8 Å². The van der Waals surface area contributed by atoms with E-state index in [2.05, 4.69) is 15.3 Å². The Morgan fingerprint density at radius 1 is 1.42 bits per heavy atom. The van der Waals surface area contributed by atoms with Crippen LogP contribution in [0.1, 0.15) is 41.4 Å². The first-order chi connectivity index (χ1) is 11.7. The van der Waals surface area contributed by atoms with Gasteiger partial charge in [-0.25, -0.2) is 14.8 Å². The van der Waals surface area contributed by atoms with E-state index in [9.17, 15) is 4.79 Å². The number of fused-ring (bicyclic) bond motifs is 1. The van der Waals surface area contributed by atoms with Crippen molar-refractivity contribution in [3.8, 4) is 0 Å². The molecule has 1 N–H and O–H groups in total. The summed E-state index contributed by atoms with van der Waals surface area (Å²) in [6.07, 6.45) is 5.08. The zero-order valence-electron chi connectivity index (χ0n) is 14.1. The van der Waals surface area contributed by atoms with E-state index in [1.807, 2.05) is 6.92 Å². The van der Waals surface area contributed by atoms with Crippen molar-refractivity contribution in [1.29, 1.82) is 0 Å². The van der Waals surface area contributed by atoms with Crippen molar-refractivity contribution in [2.75, 3.05) is 31.7 Å². The van der Waals surface area contributed by atoms with Gasteiger partial charge in [-0.15, -0.1) is 11.3 Å². The number of esters is 1. The second-order valence-corrected chi connectivity index (χ2v) is 6.98. The molecule has 2 heterocycles. The molecule has 0 atom stereocenters. The fraction of sp³-hybridized carbons (Fsp3) is 0.588. The second-order valence-electron chi connectivity index (χ2n) is 5.98. The molecule has 6 nitrogen and oxygen atoms in total. The maximum Gasteiger partial charge on any atom is 0.348 e. The molecule has 0 aliphatic heterocycles. The number of anilines is 1. The van der Waals surface area contributed by atoms with E-state index in [0.29, 0.717) is 11.5 Å². The normalized spacial score (nSPS) is 14.1. The molecule has 1 aliphatic carbocycles. The number of ether oxygens (including phenoxy) is 2.